The zero-order chi connectivity index (χ0) is 18.4. The zero-order valence-electron chi connectivity index (χ0n) is 14.3. The highest BCUT2D eigenvalue weighted by molar-refractivity contribution is 9.10. The van der Waals surface area contributed by atoms with Crippen LogP contribution in [0.1, 0.15) is 38.2 Å². The molecule has 1 aromatic carbocycles. The Hall–Kier alpha value is -2.13. The van der Waals surface area contributed by atoms with Crippen molar-refractivity contribution in [2.75, 3.05) is 13.2 Å². The topological polar surface area (TPSA) is 76.4 Å². The third-order valence-electron chi connectivity index (χ3n) is 4.31. The molecule has 2 atom stereocenters. The lowest BCUT2D eigenvalue weighted by Crippen LogP contribution is -2.41. The largest absolute Gasteiger partial charge is 0.465 e. The number of ether oxygens (including phenoxy) is 2. The molecule has 0 bridgehead atoms. The van der Waals surface area contributed by atoms with Crippen LogP contribution in [0.5, 0.6) is 0 Å². The van der Waals surface area contributed by atoms with Gasteiger partial charge < -0.3 is 9.47 Å². The standard InChI is InChI=1S/C19H20BrNO4/c1-3-24-17(22)14-7-10-16(13-5-8-15(20)9-6-13)19(11-14,12-21)18(23)25-4-2/h5-9,16H,3-4,10-11H2,1-2H3. The van der Waals surface area contributed by atoms with Gasteiger partial charge in [-0.2, -0.15) is 5.26 Å². The minimum atomic E-state index is -1.44. The maximum atomic E-state index is 12.7. The van der Waals surface area contributed by atoms with Gasteiger partial charge in [0.05, 0.1) is 19.3 Å². The van der Waals surface area contributed by atoms with Crippen LogP contribution in [0.15, 0.2) is 40.4 Å². The van der Waals surface area contributed by atoms with Crippen LogP contribution >= 0.6 is 15.9 Å². The number of nitriles is 1. The Morgan fingerprint density at radius 1 is 1.24 bits per heavy atom. The fourth-order valence-corrected chi connectivity index (χ4v) is 3.35. The van der Waals surface area contributed by atoms with Crippen LogP contribution in [0.2, 0.25) is 0 Å². The zero-order valence-corrected chi connectivity index (χ0v) is 15.8. The Morgan fingerprint density at radius 2 is 1.88 bits per heavy atom. The number of hydrogen-bond donors (Lipinski definition) is 0. The first-order valence-electron chi connectivity index (χ1n) is 8.18. The molecule has 0 aliphatic heterocycles. The molecule has 2 rings (SSSR count). The molecule has 132 valence electrons. The molecular formula is C19H20BrNO4. The molecule has 25 heavy (non-hydrogen) atoms. The van der Waals surface area contributed by atoms with Gasteiger partial charge in [0, 0.05) is 22.4 Å². The summed E-state index contributed by atoms with van der Waals surface area (Å²) in [6.07, 6.45) is 2.14. The van der Waals surface area contributed by atoms with E-state index in [4.69, 9.17) is 9.47 Å². The number of halogens is 1. The summed E-state index contributed by atoms with van der Waals surface area (Å²) >= 11 is 3.38. The van der Waals surface area contributed by atoms with Gasteiger partial charge in [-0.25, -0.2) is 4.79 Å². The van der Waals surface area contributed by atoms with Crippen LogP contribution in [0.3, 0.4) is 0 Å². The maximum Gasteiger partial charge on any atom is 0.333 e. The molecule has 0 spiro atoms. The molecule has 0 saturated carbocycles. The monoisotopic (exact) mass is 405 g/mol. The van der Waals surface area contributed by atoms with Crippen molar-refractivity contribution in [3.8, 4) is 6.07 Å². The predicted molar refractivity (Wildman–Crippen MR) is 95.5 cm³/mol. The molecule has 6 heteroatoms. The van der Waals surface area contributed by atoms with Crippen molar-refractivity contribution in [1.29, 1.82) is 5.26 Å². The van der Waals surface area contributed by atoms with Crippen molar-refractivity contribution in [2.24, 2.45) is 5.41 Å². The molecular weight excluding hydrogens is 386 g/mol. The van der Waals surface area contributed by atoms with Crippen molar-refractivity contribution in [3.05, 3.63) is 46.0 Å². The summed E-state index contributed by atoms with van der Waals surface area (Å²) in [4.78, 5) is 24.8. The normalized spacial score (nSPS) is 22.5. The summed E-state index contributed by atoms with van der Waals surface area (Å²) in [6, 6.07) is 9.65. The molecule has 1 aliphatic rings. The quantitative estimate of drug-likeness (QED) is 0.694. The molecule has 1 aromatic rings. The predicted octanol–water partition coefficient (Wildman–Crippen LogP) is 3.89. The second-order valence-electron chi connectivity index (χ2n) is 5.77. The van der Waals surface area contributed by atoms with Gasteiger partial charge >= 0.3 is 11.9 Å². The van der Waals surface area contributed by atoms with E-state index in [2.05, 4.69) is 22.0 Å². The van der Waals surface area contributed by atoms with E-state index in [1.807, 2.05) is 24.3 Å². The first-order valence-corrected chi connectivity index (χ1v) is 8.97. The number of nitrogens with zero attached hydrogens (tertiary/aromatic N) is 1. The molecule has 5 nitrogen and oxygen atoms in total. The third-order valence-corrected chi connectivity index (χ3v) is 4.84. The molecule has 0 radical (unpaired) electrons. The smallest absolute Gasteiger partial charge is 0.333 e. The van der Waals surface area contributed by atoms with E-state index in [0.29, 0.717) is 12.0 Å². The van der Waals surface area contributed by atoms with E-state index in [0.717, 1.165) is 10.0 Å². The van der Waals surface area contributed by atoms with Crippen LogP contribution in [0.25, 0.3) is 0 Å². The van der Waals surface area contributed by atoms with Gasteiger partial charge in [0.25, 0.3) is 0 Å². The molecule has 0 fully saturated rings. The van der Waals surface area contributed by atoms with Crippen LogP contribution < -0.4 is 0 Å². The van der Waals surface area contributed by atoms with Gasteiger partial charge in [-0.3, -0.25) is 4.79 Å². The minimum absolute atomic E-state index is 0.0120. The van der Waals surface area contributed by atoms with Crippen molar-refractivity contribution in [1.82, 2.24) is 0 Å². The lowest BCUT2D eigenvalue weighted by Gasteiger charge is -2.36. The number of rotatable bonds is 5. The second kappa shape index (κ2) is 8.30. The van der Waals surface area contributed by atoms with Crippen LogP contribution in [0.4, 0.5) is 0 Å². The van der Waals surface area contributed by atoms with Crippen molar-refractivity contribution in [3.63, 3.8) is 0 Å². The van der Waals surface area contributed by atoms with Gasteiger partial charge in [-0.15, -0.1) is 0 Å². The second-order valence-corrected chi connectivity index (χ2v) is 6.69. The highest BCUT2D eigenvalue weighted by Crippen LogP contribution is 2.48. The van der Waals surface area contributed by atoms with E-state index >= 15 is 0 Å². The molecule has 1 aliphatic carbocycles. The molecule has 0 amide bonds. The molecule has 0 aromatic heterocycles. The van der Waals surface area contributed by atoms with Crippen molar-refractivity contribution in [2.45, 2.75) is 32.6 Å². The van der Waals surface area contributed by atoms with E-state index in [9.17, 15) is 14.9 Å². The fourth-order valence-electron chi connectivity index (χ4n) is 3.09. The summed E-state index contributed by atoms with van der Waals surface area (Å²) in [5.41, 5.74) is -0.234. The lowest BCUT2D eigenvalue weighted by atomic mass is 9.64. The number of hydrogen-bond acceptors (Lipinski definition) is 5. The van der Waals surface area contributed by atoms with Crippen LogP contribution in [-0.2, 0) is 19.1 Å². The Bertz CT molecular complexity index is 720. The van der Waals surface area contributed by atoms with Gasteiger partial charge in [-0.1, -0.05) is 34.1 Å². The number of esters is 2. The van der Waals surface area contributed by atoms with Gasteiger partial charge in [0.1, 0.15) is 0 Å². The summed E-state index contributed by atoms with van der Waals surface area (Å²) in [7, 11) is 0. The summed E-state index contributed by atoms with van der Waals surface area (Å²) in [5, 5.41) is 9.91. The molecule has 0 saturated heterocycles. The highest BCUT2D eigenvalue weighted by atomic mass is 79.9. The highest BCUT2D eigenvalue weighted by Gasteiger charge is 2.51. The van der Waals surface area contributed by atoms with Crippen LogP contribution in [-0.4, -0.2) is 25.2 Å². The molecule has 2 unspecified atom stereocenters. The average Bonchev–Trinajstić information content (AvgIpc) is 2.62. The average molecular weight is 406 g/mol. The Kier molecular flexibility index (Phi) is 6.38. The number of benzene rings is 1. The van der Waals surface area contributed by atoms with Crippen LogP contribution in [0, 0.1) is 16.7 Å². The maximum absolute atomic E-state index is 12.7. The molecule has 0 heterocycles. The van der Waals surface area contributed by atoms with E-state index in [-0.39, 0.29) is 25.6 Å². The Balaban J connectivity index is 2.48. The van der Waals surface area contributed by atoms with E-state index in [1.54, 1.807) is 19.9 Å². The SMILES string of the molecule is CCOC(=O)C1=CCC(c2ccc(Br)cc2)C(C#N)(C(=O)OCC)C1. The number of carbonyl (C=O) groups excluding carboxylic acids is 2. The summed E-state index contributed by atoms with van der Waals surface area (Å²) in [6.45, 7) is 3.83. The minimum Gasteiger partial charge on any atom is -0.465 e. The fraction of sp³-hybridized carbons (Fsp3) is 0.421. The Labute approximate surface area is 155 Å². The summed E-state index contributed by atoms with van der Waals surface area (Å²) < 4.78 is 11.1. The van der Waals surface area contributed by atoms with Crippen molar-refractivity contribution >= 4 is 27.9 Å². The summed E-state index contributed by atoms with van der Waals surface area (Å²) in [5.74, 6) is -1.47. The lowest BCUT2D eigenvalue weighted by molar-refractivity contribution is -0.153. The van der Waals surface area contributed by atoms with Gasteiger partial charge in [0.2, 0.25) is 0 Å². The van der Waals surface area contributed by atoms with Gasteiger partial charge in [0.15, 0.2) is 5.41 Å². The molecule has 0 N–H and O–H groups in total. The van der Waals surface area contributed by atoms with E-state index in [1.165, 1.54) is 0 Å². The first kappa shape index (κ1) is 19.2. The van der Waals surface area contributed by atoms with Gasteiger partial charge in [-0.05, 0) is 38.0 Å². The van der Waals surface area contributed by atoms with E-state index < -0.39 is 17.4 Å². The number of carbonyl (C=O) groups is 2. The Morgan fingerprint density at radius 3 is 2.44 bits per heavy atom. The van der Waals surface area contributed by atoms with Crippen molar-refractivity contribution < 1.29 is 19.1 Å². The third kappa shape index (κ3) is 3.93. The first-order chi connectivity index (χ1) is 12.0. The number of allylic oxidation sites excluding steroid dienone is 1.